The number of carbonyl (C=O) groups is 1. The summed E-state index contributed by atoms with van der Waals surface area (Å²) in [6.45, 7) is 0.726. The average molecular weight is 386 g/mol. The number of hydrogen-bond acceptors (Lipinski definition) is 7. The summed E-state index contributed by atoms with van der Waals surface area (Å²) in [5, 5.41) is 12.7. The normalized spacial score (nSPS) is 17.1. The van der Waals surface area contributed by atoms with Gasteiger partial charge in [-0.2, -0.15) is 18.2 Å². The minimum atomic E-state index is -4.43. The summed E-state index contributed by atoms with van der Waals surface area (Å²) in [4.78, 5) is 21.2. The zero-order valence-electron chi connectivity index (χ0n) is 14.4. The van der Waals surface area contributed by atoms with Crippen LogP contribution in [0.1, 0.15) is 34.9 Å². The number of aromatic carboxylic acids is 1. The topological polar surface area (TPSA) is 102 Å². The molecule has 0 spiro atoms. The Morgan fingerprint density at radius 1 is 1.41 bits per heavy atom. The van der Waals surface area contributed by atoms with Crippen molar-refractivity contribution in [3.63, 3.8) is 0 Å². The molecule has 8 nitrogen and oxygen atoms in total. The lowest BCUT2D eigenvalue weighted by Crippen LogP contribution is -2.44. The Labute approximate surface area is 151 Å². The SMILES string of the molecule is COC1(c2nc(CC(F)(F)F)no2)CCN(c2ncccc2C(=O)O)CC1. The molecule has 0 radical (unpaired) electrons. The Morgan fingerprint density at radius 2 is 2.11 bits per heavy atom. The Hall–Kier alpha value is -2.69. The van der Waals surface area contributed by atoms with Crippen molar-refractivity contribution >= 4 is 11.8 Å². The summed E-state index contributed by atoms with van der Waals surface area (Å²) in [5.74, 6) is -1.22. The van der Waals surface area contributed by atoms with Crippen LogP contribution in [0.25, 0.3) is 0 Å². The maximum atomic E-state index is 12.5. The van der Waals surface area contributed by atoms with Gasteiger partial charge in [-0.25, -0.2) is 9.78 Å². The number of ether oxygens (including phenoxy) is 1. The summed E-state index contributed by atoms with van der Waals surface area (Å²) in [5.41, 5.74) is -0.946. The lowest BCUT2D eigenvalue weighted by molar-refractivity contribution is -0.128. The van der Waals surface area contributed by atoms with E-state index in [0.29, 0.717) is 31.7 Å². The molecule has 0 aromatic carbocycles. The van der Waals surface area contributed by atoms with Crippen molar-refractivity contribution in [3.05, 3.63) is 35.6 Å². The third kappa shape index (κ3) is 4.02. The lowest BCUT2D eigenvalue weighted by atomic mass is 9.90. The van der Waals surface area contributed by atoms with Gasteiger partial charge in [-0.05, 0) is 12.1 Å². The quantitative estimate of drug-likeness (QED) is 0.836. The van der Waals surface area contributed by atoms with Crippen LogP contribution in [0.4, 0.5) is 19.0 Å². The second kappa shape index (κ2) is 7.14. The van der Waals surface area contributed by atoms with E-state index in [0.717, 1.165) is 0 Å². The summed E-state index contributed by atoms with van der Waals surface area (Å²) in [6, 6.07) is 3.00. The molecule has 1 aliphatic heterocycles. The molecule has 2 aromatic heterocycles. The fourth-order valence-corrected chi connectivity index (χ4v) is 3.09. The highest BCUT2D eigenvalue weighted by Crippen LogP contribution is 2.37. The molecule has 0 atom stereocenters. The van der Waals surface area contributed by atoms with Gasteiger partial charge in [0.1, 0.15) is 23.4 Å². The second-order valence-corrected chi connectivity index (χ2v) is 6.17. The average Bonchev–Trinajstić information content (AvgIpc) is 3.09. The molecule has 0 amide bonds. The molecule has 3 heterocycles. The number of nitrogens with zero attached hydrogens (tertiary/aromatic N) is 4. The van der Waals surface area contributed by atoms with E-state index in [1.54, 1.807) is 4.90 Å². The smallest absolute Gasteiger partial charge is 0.396 e. The molecule has 2 aromatic rings. The lowest BCUT2D eigenvalue weighted by Gasteiger charge is -2.39. The number of carboxylic acid groups (broad SMARTS) is 1. The van der Waals surface area contributed by atoms with Gasteiger partial charge in [0.15, 0.2) is 5.82 Å². The van der Waals surface area contributed by atoms with E-state index in [1.807, 2.05) is 0 Å². The number of anilines is 1. The monoisotopic (exact) mass is 386 g/mol. The first-order chi connectivity index (χ1) is 12.7. The summed E-state index contributed by atoms with van der Waals surface area (Å²) >= 11 is 0. The van der Waals surface area contributed by atoms with Gasteiger partial charge in [-0.3, -0.25) is 0 Å². The van der Waals surface area contributed by atoms with E-state index < -0.39 is 30.0 Å². The maximum absolute atomic E-state index is 12.5. The minimum absolute atomic E-state index is 0.0108. The summed E-state index contributed by atoms with van der Waals surface area (Å²) in [7, 11) is 1.42. The van der Waals surface area contributed by atoms with Gasteiger partial charge in [0.05, 0.1) is 0 Å². The van der Waals surface area contributed by atoms with Crippen LogP contribution >= 0.6 is 0 Å². The number of rotatable bonds is 5. The van der Waals surface area contributed by atoms with E-state index in [2.05, 4.69) is 15.1 Å². The molecule has 1 saturated heterocycles. The molecule has 146 valence electrons. The van der Waals surface area contributed by atoms with Crippen molar-refractivity contribution in [1.29, 1.82) is 0 Å². The van der Waals surface area contributed by atoms with Gasteiger partial charge in [0.25, 0.3) is 5.89 Å². The molecule has 0 unspecified atom stereocenters. The predicted molar refractivity (Wildman–Crippen MR) is 85.4 cm³/mol. The zero-order chi connectivity index (χ0) is 19.7. The molecule has 27 heavy (non-hydrogen) atoms. The number of hydrogen-bond donors (Lipinski definition) is 1. The Morgan fingerprint density at radius 3 is 2.70 bits per heavy atom. The van der Waals surface area contributed by atoms with Gasteiger partial charge in [-0.1, -0.05) is 5.16 Å². The van der Waals surface area contributed by atoms with Gasteiger partial charge >= 0.3 is 12.1 Å². The first-order valence-electron chi connectivity index (χ1n) is 8.12. The van der Waals surface area contributed by atoms with Crippen LogP contribution < -0.4 is 4.90 Å². The van der Waals surface area contributed by atoms with Crippen molar-refractivity contribution in [2.24, 2.45) is 0 Å². The molecular weight excluding hydrogens is 369 g/mol. The minimum Gasteiger partial charge on any atom is -0.478 e. The largest absolute Gasteiger partial charge is 0.478 e. The maximum Gasteiger partial charge on any atom is 0.396 e. The second-order valence-electron chi connectivity index (χ2n) is 6.17. The molecule has 11 heteroatoms. The Balaban J connectivity index is 1.77. The highest BCUT2D eigenvalue weighted by Gasteiger charge is 2.43. The summed E-state index contributed by atoms with van der Waals surface area (Å²) < 4.78 is 48.1. The number of alkyl halides is 3. The molecule has 1 aliphatic rings. The van der Waals surface area contributed by atoms with Gasteiger partial charge < -0.3 is 19.3 Å². The Kier molecular flexibility index (Phi) is 5.05. The van der Waals surface area contributed by atoms with Crippen LogP contribution in [0.3, 0.4) is 0 Å². The van der Waals surface area contributed by atoms with Crippen LogP contribution in [0.5, 0.6) is 0 Å². The van der Waals surface area contributed by atoms with E-state index >= 15 is 0 Å². The molecule has 1 fully saturated rings. The zero-order valence-corrected chi connectivity index (χ0v) is 14.4. The summed E-state index contributed by atoms with van der Waals surface area (Å²) in [6.07, 6.45) is -3.56. The van der Waals surface area contributed by atoms with Gasteiger partial charge in [-0.15, -0.1) is 0 Å². The molecule has 0 aliphatic carbocycles. The fraction of sp³-hybridized carbons (Fsp3) is 0.500. The van der Waals surface area contributed by atoms with Crippen LogP contribution in [0.2, 0.25) is 0 Å². The van der Waals surface area contributed by atoms with Gasteiger partial charge in [0.2, 0.25) is 0 Å². The van der Waals surface area contributed by atoms with Crippen LogP contribution in [-0.4, -0.2) is 52.6 Å². The number of halogens is 3. The van der Waals surface area contributed by atoms with Crippen molar-refractivity contribution in [3.8, 4) is 0 Å². The van der Waals surface area contributed by atoms with Crippen molar-refractivity contribution in [1.82, 2.24) is 15.1 Å². The third-order valence-corrected chi connectivity index (χ3v) is 4.49. The first kappa shape index (κ1) is 19.1. The van der Waals surface area contributed by atoms with Gasteiger partial charge in [0, 0.05) is 39.2 Å². The van der Waals surface area contributed by atoms with Crippen molar-refractivity contribution in [2.45, 2.75) is 31.0 Å². The number of piperidine rings is 1. The standard InChI is InChI=1S/C16H17F3N4O4/c1-26-15(14-21-11(22-27-14)9-16(17,18)19)4-7-23(8-5-15)12-10(13(24)25)3-2-6-20-12/h2-3,6H,4-5,7-9H2,1H3,(H,24,25). The highest BCUT2D eigenvalue weighted by atomic mass is 19.4. The first-order valence-corrected chi connectivity index (χ1v) is 8.12. The fourth-order valence-electron chi connectivity index (χ4n) is 3.09. The number of pyridine rings is 1. The van der Waals surface area contributed by atoms with Crippen molar-refractivity contribution in [2.75, 3.05) is 25.1 Å². The number of carboxylic acids is 1. The molecule has 3 rings (SSSR count). The Bertz CT molecular complexity index is 816. The molecule has 0 saturated carbocycles. The van der Waals surface area contributed by atoms with Crippen LogP contribution in [-0.2, 0) is 16.8 Å². The van der Waals surface area contributed by atoms with E-state index in [-0.39, 0.29) is 11.5 Å². The highest BCUT2D eigenvalue weighted by molar-refractivity contribution is 5.93. The van der Waals surface area contributed by atoms with Crippen LogP contribution in [0, 0.1) is 0 Å². The number of methoxy groups -OCH3 is 1. The molecule has 1 N–H and O–H groups in total. The van der Waals surface area contributed by atoms with Crippen molar-refractivity contribution < 1.29 is 32.3 Å². The van der Waals surface area contributed by atoms with Crippen LogP contribution in [0.15, 0.2) is 22.9 Å². The van der Waals surface area contributed by atoms with E-state index in [1.165, 1.54) is 25.4 Å². The number of aromatic nitrogens is 3. The van der Waals surface area contributed by atoms with E-state index in [9.17, 15) is 23.1 Å². The molecule has 0 bridgehead atoms. The molecular formula is C16H17F3N4O4. The third-order valence-electron chi connectivity index (χ3n) is 4.49. The van der Waals surface area contributed by atoms with E-state index in [4.69, 9.17) is 9.26 Å². The predicted octanol–water partition coefficient (Wildman–Crippen LogP) is 2.41.